The Morgan fingerprint density at radius 2 is 2.36 bits per heavy atom. The Bertz CT molecular complexity index is 420. The fraction of sp³-hybridized carbons (Fsp3) is 0. The van der Waals surface area contributed by atoms with E-state index in [0.717, 1.165) is 16.6 Å². The van der Waals surface area contributed by atoms with Crippen molar-refractivity contribution in [2.45, 2.75) is 0 Å². The second-order valence-corrected chi connectivity index (χ2v) is 2.28. The molecule has 0 atom stereocenters. The molecule has 1 N–H and O–H groups in total. The van der Waals surface area contributed by atoms with Crippen molar-refractivity contribution < 1.29 is 0 Å². The quantitative estimate of drug-likeness (QED) is 0.555. The third kappa shape index (κ3) is 0.870. The molecule has 0 unspecified atom stereocenters. The highest BCUT2D eigenvalue weighted by Crippen LogP contribution is 2.09. The zero-order valence-corrected chi connectivity index (χ0v) is 5.83. The smallest absolute Gasteiger partial charge is 0.0931 e. The first-order valence-electron chi connectivity index (χ1n) is 3.30. The minimum absolute atomic E-state index is 0.865. The molecule has 0 spiro atoms. The van der Waals surface area contributed by atoms with Crippen molar-refractivity contribution in [3.63, 3.8) is 0 Å². The van der Waals surface area contributed by atoms with Crippen LogP contribution in [0.2, 0.25) is 0 Å². The highest BCUT2D eigenvalue weighted by molar-refractivity contribution is 5.76. The largest absolute Gasteiger partial charge is 0.345 e. The molecule has 0 radical (unpaired) electrons. The van der Waals surface area contributed by atoms with E-state index in [0.29, 0.717) is 0 Å². The number of hydrogen-bond acceptors (Lipinski definition) is 1. The molecule has 0 amide bonds. The summed E-state index contributed by atoms with van der Waals surface area (Å²) in [5.41, 5.74) is 2.80. The van der Waals surface area contributed by atoms with Gasteiger partial charge in [0.15, 0.2) is 0 Å². The summed E-state index contributed by atoms with van der Waals surface area (Å²) in [6.45, 7) is 0. The molecule has 0 saturated heterocycles. The van der Waals surface area contributed by atoms with E-state index < -0.39 is 0 Å². The van der Waals surface area contributed by atoms with Gasteiger partial charge in [-0.05, 0) is 18.2 Å². The van der Waals surface area contributed by atoms with Crippen molar-refractivity contribution in [2.24, 2.45) is 0 Å². The topological polar surface area (TPSA) is 28.7 Å². The molecule has 2 rings (SSSR count). The lowest BCUT2D eigenvalue weighted by atomic mass is 10.2. The number of fused-ring (bicyclic) bond motifs is 1. The average Bonchev–Trinajstić information content (AvgIpc) is 2.50. The molecular weight excluding hydrogens is 136 g/mol. The number of rotatable bonds is 0. The normalized spacial score (nSPS) is 9.73. The highest BCUT2D eigenvalue weighted by Gasteiger charge is 1.94. The Hall–Kier alpha value is -1.75. The molecule has 11 heavy (non-hydrogen) atoms. The van der Waals surface area contributed by atoms with Crippen molar-refractivity contribution in [2.75, 3.05) is 0 Å². The van der Waals surface area contributed by atoms with Crippen LogP contribution in [0.3, 0.4) is 0 Å². The van der Waals surface area contributed by atoms with Crippen molar-refractivity contribution >= 4 is 11.0 Å². The number of H-pyrrole nitrogens is 1. The molecule has 1 aromatic carbocycles. The van der Waals surface area contributed by atoms with Gasteiger partial charge < -0.3 is 4.98 Å². The van der Waals surface area contributed by atoms with Crippen molar-refractivity contribution in [1.29, 1.82) is 0 Å². The molecule has 2 aromatic rings. The summed E-state index contributed by atoms with van der Waals surface area (Å²) in [5, 5.41) is 0. The molecular formula is C9H6N2. The number of nitrogens with zero attached hydrogens (tertiary/aromatic N) is 1. The summed E-state index contributed by atoms with van der Waals surface area (Å²) in [4.78, 5) is 7.07. The highest BCUT2D eigenvalue weighted by atomic mass is 14.9. The first kappa shape index (κ1) is 5.99. The van der Waals surface area contributed by atoms with Gasteiger partial charge in [0, 0.05) is 5.56 Å². The van der Waals surface area contributed by atoms with E-state index >= 15 is 0 Å². The molecule has 52 valence electrons. The van der Waals surface area contributed by atoms with Crippen LogP contribution >= 0.6 is 0 Å². The van der Waals surface area contributed by atoms with Crippen LogP contribution in [-0.4, -0.2) is 9.97 Å². The third-order valence-corrected chi connectivity index (χ3v) is 1.59. The summed E-state index contributed by atoms with van der Waals surface area (Å²) in [5.74, 6) is 2.56. The maximum atomic E-state index is 5.22. The first-order chi connectivity index (χ1) is 5.40. The Labute approximate surface area is 64.3 Å². The lowest BCUT2D eigenvalue weighted by Crippen LogP contribution is -1.73. The van der Waals surface area contributed by atoms with Gasteiger partial charge in [0.1, 0.15) is 0 Å². The Morgan fingerprint density at radius 1 is 1.45 bits per heavy atom. The van der Waals surface area contributed by atoms with Gasteiger partial charge in [-0.2, -0.15) is 0 Å². The number of hydrogen-bond donors (Lipinski definition) is 1. The maximum Gasteiger partial charge on any atom is 0.0931 e. The summed E-state index contributed by atoms with van der Waals surface area (Å²) in [6, 6.07) is 5.70. The number of benzene rings is 1. The number of terminal acetylenes is 1. The molecule has 0 bridgehead atoms. The van der Waals surface area contributed by atoms with E-state index in [1.807, 2.05) is 18.2 Å². The Morgan fingerprint density at radius 3 is 3.18 bits per heavy atom. The predicted octanol–water partition coefficient (Wildman–Crippen LogP) is 1.54. The molecule has 0 aliphatic carbocycles. The summed E-state index contributed by atoms with van der Waals surface area (Å²) >= 11 is 0. The van der Waals surface area contributed by atoms with Crippen LogP contribution in [0.5, 0.6) is 0 Å². The summed E-state index contributed by atoms with van der Waals surface area (Å²) in [6.07, 6.45) is 6.88. The second-order valence-electron chi connectivity index (χ2n) is 2.28. The van der Waals surface area contributed by atoms with Gasteiger partial charge in [0.25, 0.3) is 0 Å². The van der Waals surface area contributed by atoms with Crippen molar-refractivity contribution in [3.05, 3.63) is 30.1 Å². The van der Waals surface area contributed by atoms with Crippen LogP contribution < -0.4 is 0 Å². The van der Waals surface area contributed by atoms with Crippen LogP contribution in [0.15, 0.2) is 24.5 Å². The zero-order valence-electron chi connectivity index (χ0n) is 5.83. The van der Waals surface area contributed by atoms with E-state index in [-0.39, 0.29) is 0 Å². The standard InChI is InChI=1S/C9H6N2/c1-2-7-3-4-8-9(5-7)11-6-10-8/h1,3-6H,(H,10,11). The minimum atomic E-state index is 0.865. The molecule has 0 fully saturated rings. The molecule has 1 heterocycles. The summed E-state index contributed by atoms with van der Waals surface area (Å²) in [7, 11) is 0. The van der Waals surface area contributed by atoms with E-state index in [1.54, 1.807) is 6.33 Å². The van der Waals surface area contributed by atoms with Crippen LogP contribution in [0.1, 0.15) is 5.56 Å². The van der Waals surface area contributed by atoms with Crippen LogP contribution in [0.4, 0.5) is 0 Å². The van der Waals surface area contributed by atoms with Gasteiger partial charge in [-0.1, -0.05) is 5.92 Å². The number of nitrogens with one attached hydrogen (secondary N) is 1. The van der Waals surface area contributed by atoms with Gasteiger partial charge in [-0.15, -0.1) is 6.42 Å². The molecule has 0 aliphatic rings. The Balaban J connectivity index is 2.79. The summed E-state index contributed by atoms with van der Waals surface area (Å²) < 4.78 is 0. The fourth-order valence-corrected chi connectivity index (χ4v) is 1.02. The molecule has 2 heteroatoms. The minimum Gasteiger partial charge on any atom is -0.345 e. The number of aromatic nitrogens is 2. The average molecular weight is 142 g/mol. The maximum absolute atomic E-state index is 5.22. The van der Waals surface area contributed by atoms with Crippen LogP contribution in [0.25, 0.3) is 11.0 Å². The lowest BCUT2D eigenvalue weighted by Gasteiger charge is -1.88. The molecule has 0 aliphatic heterocycles. The second kappa shape index (κ2) is 2.14. The van der Waals surface area contributed by atoms with Crippen molar-refractivity contribution in [1.82, 2.24) is 9.97 Å². The molecule has 2 nitrogen and oxygen atoms in total. The van der Waals surface area contributed by atoms with Gasteiger partial charge in [-0.3, -0.25) is 0 Å². The van der Waals surface area contributed by atoms with Crippen LogP contribution in [-0.2, 0) is 0 Å². The number of aromatic amines is 1. The van der Waals surface area contributed by atoms with E-state index in [2.05, 4.69) is 15.9 Å². The zero-order chi connectivity index (χ0) is 7.68. The van der Waals surface area contributed by atoms with Crippen LogP contribution in [0, 0.1) is 12.3 Å². The van der Waals surface area contributed by atoms with E-state index in [9.17, 15) is 0 Å². The third-order valence-electron chi connectivity index (χ3n) is 1.59. The van der Waals surface area contributed by atoms with Gasteiger partial charge in [-0.25, -0.2) is 4.98 Å². The fourth-order valence-electron chi connectivity index (χ4n) is 1.02. The Kier molecular flexibility index (Phi) is 1.16. The van der Waals surface area contributed by atoms with Gasteiger partial charge in [0.05, 0.1) is 17.4 Å². The van der Waals surface area contributed by atoms with Gasteiger partial charge >= 0.3 is 0 Å². The van der Waals surface area contributed by atoms with E-state index in [1.165, 1.54) is 0 Å². The molecule has 1 aromatic heterocycles. The van der Waals surface area contributed by atoms with E-state index in [4.69, 9.17) is 6.42 Å². The monoisotopic (exact) mass is 142 g/mol. The first-order valence-corrected chi connectivity index (χ1v) is 3.30. The predicted molar refractivity (Wildman–Crippen MR) is 44.0 cm³/mol. The lowest BCUT2D eigenvalue weighted by molar-refractivity contribution is 1.34. The molecule has 0 saturated carbocycles. The number of imidazole rings is 1. The SMILES string of the molecule is C#Cc1ccc2[nH]cnc2c1. The van der Waals surface area contributed by atoms with Crippen molar-refractivity contribution in [3.8, 4) is 12.3 Å². The van der Waals surface area contributed by atoms with Gasteiger partial charge in [0.2, 0.25) is 0 Å².